The molecule has 0 aliphatic carbocycles. The quantitative estimate of drug-likeness (QED) is 0.0791. The Balaban J connectivity index is 0.000000181. The molecule has 9 heterocycles. The van der Waals surface area contributed by atoms with E-state index in [1.54, 1.807) is 90.5 Å². The highest BCUT2D eigenvalue weighted by Crippen LogP contribution is 2.23. The second-order valence-electron chi connectivity index (χ2n) is 25.5. The summed E-state index contributed by atoms with van der Waals surface area (Å²) in [4.78, 5) is 199. The van der Waals surface area contributed by atoms with Crippen LogP contribution in [0, 0.1) is 53.2 Å². The number of allylic oxidation sites excluding steroid dienone is 1. The summed E-state index contributed by atoms with van der Waals surface area (Å²) in [6.45, 7) is 14.1. The van der Waals surface area contributed by atoms with Gasteiger partial charge in [-0.15, -0.1) is 0 Å². The Morgan fingerprint density at radius 1 is 0.454 bits per heavy atom. The standard InChI is InChI=1S/C15H18N2O3.2C13H13FN2O3.C12H13N3O3.2C9H12N4O3/c1-9-4-6-11(13(8-9)20-3)14(18)17-12-7-5-10(2)16-15(12)19;1-7-2-3-8(9(14)6-7)12(18)15-10-4-5-11(17)16-13(10)19;1-7-3-2-4-8(11(7)14)12(18)15-9-5-6-10(17)16-13(9)19;1-7-2-3-8(13-6-7)11(17)14-9-4-5-10(16)15-12(9)18;2*1-5-11-13(9(16)12(5)2)6-3-4-7(14)10-8(6)15/h4,6,8,12H,2,5,7H2,1,3H3,(H,16,19)(H,17,18);2-3,6,10H,4-5H2,1H3,(H,15,18)(H,16,17,19);2-4,9H,5-6H2,1H3,(H,15,18)(H,16,17,19);2-3,6,9H,4-5H2,1H3,(H,14,17)(H,15,16,18);2*6H,3-4H2,1-2H3,(H,10,14,15). The molecule has 3 aromatic heterocycles. The molecule has 6 aromatic rings. The number of aryl methyl sites for hydroxylation is 6. The number of piperidine rings is 6. The molecule has 12 rings (SSSR count). The predicted octanol–water partition coefficient (Wildman–Crippen LogP) is 0.525. The van der Waals surface area contributed by atoms with Gasteiger partial charge < -0.3 is 31.3 Å². The van der Waals surface area contributed by atoms with Gasteiger partial charge in [-0.25, -0.2) is 27.7 Å². The van der Waals surface area contributed by atoms with Crippen LogP contribution in [0.15, 0.2) is 94.8 Å². The second-order valence-corrected chi connectivity index (χ2v) is 25.5. The minimum atomic E-state index is -0.801. The molecule has 108 heavy (non-hydrogen) atoms. The van der Waals surface area contributed by atoms with Gasteiger partial charge in [0, 0.05) is 58.1 Å². The maximum absolute atomic E-state index is 13.7. The van der Waals surface area contributed by atoms with Gasteiger partial charge in [0.25, 0.3) is 35.4 Å². The molecule has 0 saturated carbocycles. The number of pyridine rings is 1. The Morgan fingerprint density at radius 3 is 1.22 bits per heavy atom. The summed E-state index contributed by atoms with van der Waals surface area (Å²) in [5, 5.41) is 31.6. The van der Waals surface area contributed by atoms with Crippen LogP contribution in [0.4, 0.5) is 8.78 Å². The highest BCUT2D eigenvalue weighted by molar-refractivity contribution is 6.06. The summed E-state index contributed by atoms with van der Waals surface area (Å²) in [7, 11) is 4.70. The van der Waals surface area contributed by atoms with Crippen molar-refractivity contribution >= 4 is 88.6 Å². The summed E-state index contributed by atoms with van der Waals surface area (Å²) in [5.41, 5.74) is 3.48. The third-order valence-electron chi connectivity index (χ3n) is 17.3. The van der Waals surface area contributed by atoms with E-state index in [4.69, 9.17) is 4.74 Å². The lowest BCUT2D eigenvalue weighted by molar-refractivity contribution is -0.137. The molecule has 6 aliphatic heterocycles. The molecule has 0 bridgehead atoms. The summed E-state index contributed by atoms with van der Waals surface area (Å²) < 4.78 is 37.6. The van der Waals surface area contributed by atoms with Crippen molar-refractivity contribution in [2.75, 3.05) is 7.11 Å². The Labute approximate surface area is 614 Å². The average Bonchev–Trinajstić information content (AvgIpc) is 1.60. The van der Waals surface area contributed by atoms with Gasteiger partial charge in [-0.05, 0) is 145 Å². The molecule has 0 spiro atoms. The van der Waals surface area contributed by atoms with E-state index >= 15 is 0 Å². The van der Waals surface area contributed by atoms with Crippen LogP contribution in [0.1, 0.15) is 165 Å². The van der Waals surface area contributed by atoms with Gasteiger partial charge in [0.15, 0.2) is 0 Å². The molecule has 6 aliphatic rings. The van der Waals surface area contributed by atoms with Crippen LogP contribution in [0.25, 0.3) is 0 Å². The average molecular weight is 1500 g/mol. The molecular formula is C71H81F2N17O18. The zero-order chi connectivity index (χ0) is 79.5. The first-order valence-electron chi connectivity index (χ1n) is 33.8. The molecule has 6 unspecified atom stereocenters. The van der Waals surface area contributed by atoms with E-state index in [2.05, 4.69) is 74.9 Å². The fraction of sp³-hybridized carbons (Fsp3) is 0.380. The van der Waals surface area contributed by atoms with Crippen LogP contribution in [0.2, 0.25) is 0 Å². The van der Waals surface area contributed by atoms with E-state index in [9.17, 15) is 90.3 Å². The number of ether oxygens (including phenoxy) is 1. The molecular weight excluding hydrogens is 1420 g/mol. The van der Waals surface area contributed by atoms with Gasteiger partial charge in [0.05, 0.1) is 23.8 Å². The smallest absolute Gasteiger partial charge is 0.346 e. The molecule has 15 amide bonds. The number of carbonyl (C=O) groups is 15. The van der Waals surface area contributed by atoms with Gasteiger partial charge in [0.2, 0.25) is 53.2 Å². The van der Waals surface area contributed by atoms with Gasteiger partial charge in [-0.1, -0.05) is 36.9 Å². The summed E-state index contributed by atoms with van der Waals surface area (Å²) in [5.74, 6) is -6.07. The fourth-order valence-electron chi connectivity index (χ4n) is 10.9. The number of carbonyl (C=O) groups excluding carboxylic acids is 15. The predicted molar refractivity (Wildman–Crippen MR) is 375 cm³/mol. The molecule has 37 heteroatoms. The normalized spacial score (nSPS) is 19.5. The molecule has 6 saturated heterocycles. The number of hydrogen-bond acceptors (Lipinski definition) is 21. The molecule has 10 N–H and O–H groups in total. The van der Waals surface area contributed by atoms with E-state index in [1.807, 2.05) is 19.9 Å². The monoisotopic (exact) mass is 1500 g/mol. The Kier molecular flexibility index (Phi) is 28.4. The van der Waals surface area contributed by atoms with Crippen molar-refractivity contribution in [1.82, 2.24) is 86.8 Å². The first-order chi connectivity index (χ1) is 51.0. The Morgan fingerprint density at radius 2 is 0.833 bits per heavy atom. The molecule has 35 nitrogen and oxygen atoms in total. The first kappa shape index (κ1) is 82.4. The Hall–Kier alpha value is -12.9. The maximum atomic E-state index is 13.7. The van der Waals surface area contributed by atoms with Gasteiger partial charge in [0.1, 0.15) is 71.0 Å². The molecule has 6 atom stereocenters. The highest BCUT2D eigenvalue weighted by atomic mass is 19.1. The first-order valence-corrected chi connectivity index (χ1v) is 33.8. The van der Waals surface area contributed by atoms with E-state index < -0.39 is 95.1 Å². The van der Waals surface area contributed by atoms with Crippen molar-refractivity contribution < 1.29 is 85.4 Å². The zero-order valence-electron chi connectivity index (χ0n) is 60.3. The fourth-order valence-corrected chi connectivity index (χ4v) is 10.9. The number of hydrogen-bond donors (Lipinski definition) is 10. The van der Waals surface area contributed by atoms with E-state index in [1.165, 1.54) is 34.4 Å². The van der Waals surface area contributed by atoms with Crippen molar-refractivity contribution in [2.24, 2.45) is 14.1 Å². The topological polar surface area (TPSA) is 478 Å². The van der Waals surface area contributed by atoms with E-state index in [-0.39, 0.29) is 114 Å². The highest BCUT2D eigenvalue weighted by Gasteiger charge is 2.35. The van der Waals surface area contributed by atoms with Crippen LogP contribution >= 0.6 is 0 Å². The SMILES string of the molecule is C=C1CCC(NC(=O)c2ccc(C)cc2OC)C(=O)N1.Cc1ccc(C(=O)NC2CCC(=O)NC2=O)c(F)c1.Cc1ccc(C(=O)NC2CCC(=O)NC2=O)nc1.Cc1cccc(C(=O)NC2CCC(=O)NC2=O)c1F.Cc1nn(C2CCC(=O)NC2=O)c(=O)n1C.Cc1nn(C2CCC(=O)NC2=O)c(=O)n1C. The van der Waals surface area contributed by atoms with E-state index in [0.29, 0.717) is 71.9 Å². The van der Waals surface area contributed by atoms with Crippen LogP contribution in [0.5, 0.6) is 5.75 Å². The van der Waals surface area contributed by atoms with Crippen LogP contribution in [0.3, 0.4) is 0 Å². The summed E-state index contributed by atoms with van der Waals surface area (Å²) >= 11 is 0. The number of amides is 15. The lowest BCUT2D eigenvalue weighted by Crippen LogP contribution is -2.52. The van der Waals surface area contributed by atoms with E-state index in [0.717, 1.165) is 20.5 Å². The van der Waals surface area contributed by atoms with Gasteiger partial charge in [-0.2, -0.15) is 10.2 Å². The molecule has 572 valence electrons. The third-order valence-corrected chi connectivity index (χ3v) is 17.3. The second kappa shape index (κ2) is 37.2. The number of methoxy groups -OCH3 is 1. The lowest BCUT2D eigenvalue weighted by atomic mass is 10.0. The maximum Gasteiger partial charge on any atom is 0.346 e. The van der Waals surface area contributed by atoms with Gasteiger partial charge in [-0.3, -0.25) is 113 Å². The number of halogens is 2. The van der Waals surface area contributed by atoms with Crippen LogP contribution in [-0.2, 0) is 66.8 Å². The van der Waals surface area contributed by atoms with Crippen molar-refractivity contribution in [1.29, 1.82) is 0 Å². The molecule has 0 radical (unpaired) electrons. The molecule has 3 aromatic carbocycles. The summed E-state index contributed by atoms with van der Waals surface area (Å²) in [6.07, 6.45) is 5.25. The van der Waals surface area contributed by atoms with Crippen molar-refractivity contribution in [3.63, 3.8) is 0 Å². The largest absolute Gasteiger partial charge is 0.496 e. The lowest BCUT2D eigenvalue weighted by Gasteiger charge is -2.24. The minimum absolute atomic E-state index is 0.107. The van der Waals surface area contributed by atoms with Crippen LogP contribution in [-0.4, -0.2) is 154 Å². The van der Waals surface area contributed by atoms with Crippen LogP contribution < -0.4 is 69.3 Å². The third kappa shape index (κ3) is 22.1. The zero-order valence-corrected chi connectivity index (χ0v) is 60.3. The summed E-state index contributed by atoms with van der Waals surface area (Å²) in [6, 6.07) is 13.2. The number of nitrogens with one attached hydrogen (secondary N) is 10. The Bertz CT molecular complexity index is 4620. The van der Waals surface area contributed by atoms with Crippen molar-refractivity contribution in [3.8, 4) is 5.75 Å². The minimum Gasteiger partial charge on any atom is -0.496 e. The number of rotatable bonds is 11. The number of benzene rings is 3. The van der Waals surface area contributed by atoms with Crippen molar-refractivity contribution in [2.45, 2.75) is 155 Å². The number of nitrogens with zero attached hydrogens (tertiary/aromatic N) is 7. The molecule has 6 fully saturated rings. The number of aromatic nitrogens is 7. The van der Waals surface area contributed by atoms with Crippen molar-refractivity contribution in [3.05, 3.63) is 174 Å². The number of imide groups is 5. The van der Waals surface area contributed by atoms with Gasteiger partial charge >= 0.3 is 11.4 Å².